The van der Waals surface area contributed by atoms with E-state index >= 15 is 0 Å². The number of amides is 1. The zero-order chi connectivity index (χ0) is 23.2. The number of hydrogen-bond donors (Lipinski definition) is 0. The Morgan fingerprint density at radius 1 is 1.09 bits per heavy atom. The number of aromatic nitrogens is 2. The van der Waals surface area contributed by atoms with Gasteiger partial charge in [-0.3, -0.25) is 14.3 Å². The van der Waals surface area contributed by atoms with Crippen molar-refractivity contribution in [3.63, 3.8) is 0 Å². The molecule has 33 heavy (non-hydrogen) atoms. The molecule has 1 amide bonds. The molecule has 0 bridgehead atoms. The number of imidazole rings is 1. The Hall–Kier alpha value is -2.18. The van der Waals surface area contributed by atoms with E-state index in [1.165, 1.54) is 0 Å². The summed E-state index contributed by atoms with van der Waals surface area (Å²) >= 11 is 3.55. The molecule has 0 N–H and O–H groups in total. The van der Waals surface area contributed by atoms with E-state index in [0.29, 0.717) is 5.91 Å². The summed E-state index contributed by atoms with van der Waals surface area (Å²) in [5.74, 6) is 1.46. The second kappa shape index (κ2) is 11.3. The molecule has 0 aliphatic carbocycles. The van der Waals surface area contributed by atoms with Gasteiger partial charge in [0.15, 0.2) is 0 Å². The number of unbranched alkanes of at least 4 members (excludes halogenated alkanes) is 1. The summed E-state index contributed by atoms with van der Waals surface area (Å²) in [7, 11) is 0. The quantitative estimate of drug-likeness (QED) is 0.352. The van der Waals surface area contributed by atoms with Gasteiger partial charge in [0, 0.05) is 29.8 Å². The van der Waals surface area contributed by atoms with Gasteiger partial charge in [0.05, 0.1) is 23.5 Å². The van der Waals surface area contributed by atoms with Crippen molar-refractivity contribution in [2.75, 3.05) is 26.2 Å². The molecule has 176 valence electrons. The number of fused-ring (bicyclic) bond motifs is 1. The average molecular weight is 512 g/mol. The molecule has 0 spiro atoms. The van der Waals surface area contributed by atoms with Crippen LogP contribution in [0.3, 0.4) is 0 Å². The van der Waals surface area contributed by atoms with Gasteiger partial charge in [-0.15, -0.1) is 0 Å². The van der Waals surface area contributed by atoms with Gasteiger partial charge < -0.3 is 4.90 Å². The summed E-state index contributed by atoms with van der Waals surface area (Å²) in [6.45, 7) is 8.68. The molecule has 5 nitrogen and oxygen atoms in total. The van der Waals surface area contributed by atoms with Gasteiger partial charge in [-0.2, -0.15) is 0 Å². The highest BCUT2D eigenvalue weighted by molar-refractivity contribution is 9.10. The van der Waals surface area contributed by atoms with Crippen molar-refractivity contribution < 1.29 is 4.79 Å². The summed E-state index contributed by atoms with van der Waals surface area (Å²) in [6.07, 6.45) is 5.27. The average Bonchev–Trinajstić information content (AvgIpc) is 3.19. The highest BCUT2D eigenvalue weighted by Gasteiger charge is 2.29. The van der Waals surface area contributed by atoms with Gasteiger partial charge >= 0.3 is 0 Å². The first-order valence-corrected chi connectivity index (χ1v) is 13.1. The van der Waals surface area contributed by atoms with Crippen molar-refractivity contribution in [3.05, 3.63) is 58.8 Å². The van der Waals surface area contributed by atoms with E-state index < -0.39 is 0 Å². The molecule has 4 rings (SSSR count). The highest BCUT2D eigenvalue weighted by Crippen LogP contribution is 2.26. The minimum atomic E-state index is 0.0904. The Morgan fingerprint density at radius 2 is 1.88 bits per heavy atom. The Kier molecular flexibility index (Phi) is 8.20. The molecule has 1 aromatic heterocycles. The first kappa shape index (κ1) is 24.0. The fourth-order valence-electron chi connectivity index (χ4n) is 4.87. The van der Waals surface area contributed by atoms with Crippen LogP contribution >= 0.6 is 15.9 Å². The van der Waals surface area contributed by atoms with E-state index in [-0.39, 0.29) is 5.92 Å². The molecule has 0 radical (unpaired) electrons. The van der Waals surface area contributed by atoms with E-state index in [1.807, 2.05) is 6.07 Å². The fraction of sp³-hybridized carbons (Fsp3) is 0.481. The zero-order valence-corrected chi connectivity index (χ0v) is 21.4. The minimum absolute atomic E-state index is 0.0904. The Morgan fingerprint density at radius 3 is 2.64 bits per heavy atom. The van der Waals surface area contributed by atoms with Crippen molar-refractivity contribution in [3.8, 4) is 5.69 Å². The van der Waals surface area contributed by atoms with Gasteiger partial charge in [-0.1, -0.05) is 48.3 Å². The molecule has 1 saturated heterocycles. The maximum Gasteiger partial charge on any atom is 0.226 e. The molecule has 3 aromatic rings. The second-order valence-corrected chi connectivity index (χ2v) is 10.00. The predicted octanol–water partition coefficient (Wildman–Crippen LogP) is 6.04. The smallest absolute Gasteiger partial charge is 0.226 e. The topological polar surface area (TPSA) is 41.4 Å². The van der Waals surface area contributed by atoms with E-state index in [2.05, 4.69) is 86.6 Å². The Bertz CT molecular complexity index is 1060. The third-order valence-corrected chi connectivity index (χ3v) is 7.05. The summed E-state index contributed by atoms with van der Waals surface area (Å²) in [5, 5.41) is 0. The van der Waals surface area contributed by atoms with Crippen LogP contribution in [0.4, 0.5) is 0 Å². The maximum atomic E-state index is 13.3. The van der Waals surface area contributed by atoms with Gasteiger partial charge in [-0.25, -0.2) is 4.98 Å². The third kappa shape index (κ3) is 5.67. The lowest BCUT2D eigenvalue weighted by atomic mass is 9.96. The highest BCUT2D eigenvalue weighted by atomic mass is 79.9. The van der Waals surface area contributed by atoms with E-state index in [0.717, 1.165) is 91.8 Å². The first-order chi connectivity index (χ1) is 16.1. The van der Waals surface area contributed by atoms with Crippen LogP contribution in [-0.4, -0.2) is 51.4 Å². The van der Waals surface area contributed by atoms with Crippen LogP contribution in [0.15, 0.2) is 53.0 Å². The summed E-state index contributed by atoms with van der Waals surface area (Å²) in [4.78, 5) is 22.9. The van der Waals surface area contributed by atoms with Gasteiger partial charge in [0.25, 0.3) is 0 Å². The van der Waals surface area contributed by atoms with E-state index in [4.69, 9.17) is 4.98 Å². The number of piperidine rings is 1. The standard InChI is InChI=1S/C27H35BrN4O/c1-3-5-18-31(16-4-2)27(33)21-9-8-17-30(19-21)20-26-29-24-10-6-7-11-25(24)32(26)23-14-12-22(28)13-15-23/h6-7,10-15,21H,3-5,8-9,16-20H2,1-2H3/t21-/m0/s1. The summed E-state index contributed by atoms with van der Waals surface area (Å²) < 4.78 is 3.33. The lowest BCUT2D eigenvalue weighted by Crippen LogP contribution is -2.45. The molecule has 2 aromatic carbocycles. The minimum Gasteiger partial charge on any atom is -0.342 e. The second-order valence-electron chi connectivity index (χ2n) is 9.08. The van der Waals surface area contributed by atoms with Gasteiger partial charge in [0.1, 0.15) is 5.82 Å². The van der Waals surface area contributed by atoms with Gasteiger partial charge in [-0.05, 0) is 68.6 Å². The molecular weight excluding hydrogens is 476 g/mol. The van der Waals surface area contributed by atoms with Crippen molar-refractivity contribution in [2.45, 2.75) is 52.5 Å². The largest absolute Gasteiger partial charge is 0.342 e. The molecule has 6 heteroatoms. The molecule has 1 atom stereocenters. The molecule has 1 aliphatic heterocycles. The molecule has 2 heterocycles. The lowest BCUT2D eigenvalue weighted by Gasteiger charge is -2.35. The van der Waals surface area contributed by atoms with Crippen LogP contribution in [0.1, 0.15) is 51.8 Å². The number of para-hydroxylation sites is 2. The first-order valence-electron chi connectivity index (χ1n) is 12.3. The molecule has 0 saturated carbocycles. The number of benzene rings is 2. The monoisotopic (exact) mass is 510 g/mol. The van der Waals surface area contributed by atoms with Crippen LogP contribution in [0.25, 0.3) is 16.7 Å². The molecule has 1 aliphatic rings. The third-order valence-electron chi connectivity index (χ3n) is 6.52. The number of carbonyl (C=O) groups excluding carboxylic acids is 1. The van der Waals surface area contributed by atoms with Gasteiger partial charge in [0.2, 0.25) is 5.91 Å². The summed E-state index contributed by atoms with van der Waals surface area (Å²) in [6, 6.07) is 16.7. The lowest BCUT2D eigenvalue weighted by molar-refractivity contribution is -0.137. The molecule has 0 unspecified atom stereocenters. The summed E-state index contributed by atoms with van der Waals surface area (Å²) in [5.41, 5.74) is 3.24. The van der Waals surface area contributed by atoms with Crippen molar-refractivity contribution in [1.29, 1.82) is 0 Å². The molecular formula is C27H35BrN4O. The zero-order valence-electron chi connectivity index (χ0n) is 19.8. The number of carbonyl (C=O) groups is 1. The number of hydrogen-bond acceptors (Lipinski definition) is 3. The Labute approximate surface area is 205 Å². The van der Waals surface area contributed by atoms with Crippen molar-refractivity contribution >= 4 is 32.9 Å². The predicted molar refractivity (Wildman–Crippen MR) is 139 cm³/mol. The Balaban J connectivity index is 1.55. The van der Waals surface area contributed by atoms with Crippen LogP contribution < -0.4 is 0 Å². The van der Waals surface area contributed by atoms with Crippen molar-refractivity contribution in [2.24, 2.45) is 5.92 Å². The van der Waals surface area contributed by atoms with Crippen LogP contribution in [0.5, 0.6) is 0 Å². The van der Waals surface area contributed by atoms with Crippen LogP contribution in [0.2, 0.25) is 0 Å². The number of halogens is 1. The SMILES string of the molecule is CCCCN(CCC)C(=O)[C@H]1CCCN(Cc2nc3ccccc3n2-c2ccc(Br)cc2)C1. The van der Waals surface area contributed by atoms with Crippen LogP contribution in [0, 0.1) is 5.92 Å². The van der Waals surface area contributed by atoms with E-state index in [1.54, 1.807) is 0 Å². The van der Waals surface area contributed by atoms with Crippen LogP contribution in [-0.2, 0) is 11.3 Å². The fourth-order valence-corrected chi connectivity index (χ4v) is 5.13. The van der Waals surface area contributed by atoms with E-state index in [9.17, 15) is 4.79 Å². The number of rotatable bonds is 9. The molecule has 1 fully saturated rings. The maximum absolute atomic E-state index is 13.3. The number of likely N-dealkylation sites (tertiary alicyclic amines) is 1. The number of nitrogens with zero attached hydrogens (tertiary/aromatic N) is 4. The van der Waals surface area contributed by atoms with Crippen molar-refractivity contribution in [1.82, 2.24) is 19.4 Å². The normalized spacial score (nSPS) is 16.9.